The van der Waals surface area contributed by atoms with Crippen LogP contribution in [-0.4, -0.2) is 24.9 Å². The number of nitrogens with one attached hydrogen (secondary N) is 1. The van der Waals surface area contributed by atoms with Crippen LogP contribution in [-0.2, 0) is 6.18 Å². The number of halogens is 3. The lowest BCUT2D eigenvalue weighted by Crippen LogP contribution is -2.05. The molecule has 0 fully saturated rings. The van der Waals surface area contributed by atoms with Gasteiger partial charge in [0, 0.05) is 46.1 Å². The fraction of sp³-hybridized carbons (Fsp3) is 0.103. The Morgan fingerprint density at radius 3 is 2.23 bits per heavy atom. The molecule has 6 aromatic rings. The molecule has 0 aliphatic heterocycles. The molecule has 7 nitrogen and oxygen atoms in total. The average molecular weight is 528 g/mol. The molecule has 6 rings (SSSR count). The van der Waals surface area contributed by atoms with Gasteiger partial charge in [0.15, 0.2) is 0 Å². The fourth-order valence-corrected chi connectivity index (χ4v) is 4.83. The summed E-state index contributed by atoms with van der Waals surface area (Å²) in [5, 5.41) is 2.47. The van der Waals surface area contributed by atoms with Gasteiger partial charge in [0.25, 0.3) is 0 Å². The van der Waals surface area contributed by atoms with Crippen molar-refractivity contribution in [1.82, 2.24) is 24.9 Å². The highest BCUT2D eigenvalue weighted by atomic mass is 19.4. The summed E-state index contributed by atoms with van der Waals surface area (Å²) >= 11 is 0. The zero-order chi connectivity index (χ0) is 27.7. The third-order valence-electron chi connectivity index (χ3n) is 6.63. The van der Waals surface area contributed by atoms with Gasteiger partial charge in [0.05, 0.1) is 22.6 Å². The lowest BCUT2D eigenvalue weighted by atomic mass is 9.91. The summed E-state index contributed by atoms with van der Waals surface area (Å²) in [4.78, 5) is 21.3. The van der Waals surface area contributed by atoms with Crippen molar-refractivity contribution in [3.8, 4) is 33.8 Å². The van der Waals surface area contributed by atoms with Gasteiger partial charge < -0.3 is 4.98 Å². The number of aromatic amines is 1. The van der Waals surface area contributed by atoms with Crippen LogP contribution in [0.4, 0.5) is 13.2 Å². The number of rotatable bonds is 3. The minimum absolute atomic E-state index is 0.446. The highest BCUT2D eigenvalue weighted by Crippen LogP contribution is 2.41. The van der Waals surface area contributed by atoms with Crippen LogP contribution >= 0.6 is 0 Å². The minimum Gasteiger partial charge on any atom is -0.346 e. The number of fused-ring (bicyclic) bond motifs is 2. The van der Waals surface area contributed by atoms with Gasteiger partial charge in [-0.1, -0.05) is 18.2 Å². The van der Waals surface area contributed by atoms with Gasteiger partial charge in [0.2, 0.25) is 0 Å². The molecule has 0 spiro atoms. The third kappa shape index (κ3) is 4.60. The molecule has 4 heterocycles. The van der Waals surface area contributed by atoms with Crippen molar-refractivity contribution in [1.29, 1.82) is 0 Å². The van der Waals surface area contributed by atoms with Gasteiger partial charge >= 0.3 is 6.18 Å². The number of pyridine rings is 2. The van der Waals surface area contributed by atoms with Crippen LogP contribution in [0.1, 0.15) is 16.7 Å². The summed E-state index contributed by atoms with van der Waals surface area (Å²) in [6.45, 7) is 3.79. The zero-order valence-corrected chi connectivity index (χ0v) is 21.1. The van der Waals surface area contributed by atoms with Crippen LogP contribution in [0.25, 0.3) is 55.6 Å². The van der Waals surface area contributed by atoms with E-state index in [2.05, 4.69) is 31.6 Å². The van der Waals surface area contributed by atoms with Gasteiger partial charge in [-0.2, -0.15) is 13.2 Å². The summed E-state index contributed by atoms with van der Waals surface area (Å²) in [7, 11) is 0. The van der Waals surface area contributed by atoms with Crippen molar-refractivity contribution < 1.29 is 13.2 Å². The number of aromatic nitrogens is 5. The van der Waals surface area contributed by atoms with E-state index in [1.165, 1.54) is 18.5 Å². The highest BCUT2D eigenvalue weighted by Gasteiger charge is 2.31. The van der Waals surface area contributed by atoms with Gasteiger partial charge in [0.1, 0.15) is 12.0 Å². The predicted octanol–water partition coefficient (Wildman–Crippen LogP) is 6.36. The predicted molar refractivity (Wildman–Crippen MR) is 146 cm³/mol. The molecule has 0 radical (unpaired) electrons. The molecule has 5 N–H and O–H groups in total. The number of hydrazine groups is 1. The summed E-state index contributed by atoms with van der Waals surface area (Å²) in [6, 6.07) is 15.3. The Hall–Kier alpha value is -4.67. The molecule has 0 unspecified atom stereocenters. The molecule has 2 aromatic carbocycles. The first-order valence-corrected chi connectivity index (χ1v) is 12.0. The highest BCUT2D eigenvalue weighted by molar-refractivity contribution is 6.07. The lowest BCUT2D eigenvalue weighted by Gasteiger charge is -2.17. The molecule has 0 bridgehead atoms. The van der Waals surface area contributed by atoms with Crippen LogP contribution in [0.15, 0.2) is 79.5 Å². The van der Waals surface area contributed by atoms with E-state index in [0.29, 0.717) is 16.8 Å². The van der Waals surface area contributed by atoms with E-state index in [0.717, 1.165) is 56.0 Å². The number of nitrogens with zero attached hydrogens (tertiary/aromatic N) is 4. The van der Waals surface area contributed by atoms with Crippen molar-refractivity contribution in [2.45, 2.75) is 20.0 Å². The monoisotopic (exact) mass is 527 g/mol. The van der Waals surface area contributed by atoms with Crippen molar-refractivity contribution in [2.24, 2.45) is 11.7 Å². The summed E-state index contributed by atoms with van der Waals surface area (Å²) in [5.41, 5.74) is 5.83. The van der Waals surface area contributed by atoms with Crippen LogP contribution < -0.4 is 11.7 Å². The molecule has 10 heteroatoms. The standard InChI is InChI=1S/C29H20F3N5.H4N2/c1-16-5-7-18(29(30,31)32)14-23(16)25-20-8-6-17(2)24(19(20)9-12-34-25)27-21(4-3-11-33-27)26-22-10-13-35-28(22)37-15-36-26;1-2/h3-15H,1-2H3,(H,35,36,37);1-2H2. The van der Waals surface area contributed by atoms with E-state index in [1.54, 1.807) is 19.3 Å². The van der Waals surface area contributed by atoms with E-state index in [1.807, 2.05) is 49.5 Å². The Morgan fingerprint density at radius 2 is 1.44 bits per heavy atom. The maximum absolute atomic E-state index is 13.5. The van der Waals surface area contributed by atoms with Crippen LogP contribution in [0.3, 0.4) is 0 Å². The van der Waals surface area contributed by atoms with E-state index in [-0.39, 0.29) is 0 Å². The van der Waals surface area contributed by atoms with Crippen molar-refractivity contribution in [3.63, 3.8) is 0 Å². The molecular weight excluding hydrogens is 503 g/mol. The quantitative estimate of drug-likeness (QED) is 0.182. The molecule has 0 atom stereocenters. The smallest absolute Gasteiger partial charge is 0.346 e. The fourth-order valence-electron chi connectivity index (χ4n) is 4.83. The Bertz CT molecular complexity index is 1810. The van der Waals surface area contributed by atoms with Gasteiger partial charge in [-0.3, -0.25) is 21.7 Å². The van der Waals surface area contributed by atoms with Gasteiger partial charge in [-0.15, -0.1) is 0 Å². The Morgan fingerprint density at radius 1 is 0.692 bits per heavy atom. The number of H-pyrrole nitrogens is 1. The number of hydrogen-bond acceptors (Lipinski definition) is 6. The van der Waals surface area contributed by atoms with E-state index >= 15 is 0 Å². The zero-order valence-electron chi connectivity index (χ0n) is 21.1. The second-order valence-electron chi connectivity index (χ2n) is 8.90. The Labute approximate surface area is 221 Å². The number of nitrogens with two attached hydrogens (primary N) is 2. The van der Waals surface area contributed by atoms with Crippen LogP contribution in [0.2, 0.25) is 0 Å². The molecule has 0 saturated carbocycles. The number of aryl methyl sites for hydroxylation is 2. The largest absolute Gasteiger partial charge is 0.416 e. The van der Waals surface area contributed by atoms with Crippen LogP contribution in [0, 0.1) is 13.8 Å². The second-order valence-corrected chi connectivity index (χ2v) is 8.90. The maximum Gasteiger partial charge on any atom is 0.416 e. The lowest BCUT2D eigenvalue weighted by molar-refractivity contribution is -0.137. The molecule has 39 heavy (non-hydrogen) atoms. The molecule has 4 aromatic heterocycles. The molecule has 196 valence electrons. The Balaban J connectivity index is 0.00000151. The number of hydrogen-bond donors (Lipinski definition) is 3. The topological polar surface area (TPSA) is 119 Å². The molecule has 0 aliphatic carbocycles. The number of alkyl halides is 3. The minimum atomic E-state index is -4.45. The summed E-state index contributed by atoms with van der Waals surface area (Å²) in [6.07, 6.45) is 2.25. The van der Waals surface area contributed by atoms with Crippen molar-refractivity contribution in [2.75, 3.05) is 0 Å². The van der Waals surface area contributed by atoms with Crippen molar-refractivity contribution >= 4 is 21.8 Å². The molecule has 0 aliphatic rings. The first-order valence-electron chi connectivity index (χ1n) is 12.0. The van der Waals surface area contributed by atoms with Crippen molar-refractivity contribution in [3.05, 3.63) is 96.2 Å². The first kappa shape index (κ1) is 26.0. The van der Waals surface area contributed by atoms with Gasteiger partial charge in [-0.25, -0.2) is 9.97 Å². The molecular formula is C29H24F3N7. The normalized spacial score (nSPS) is 11.5. The second kappa shape index (κ2) is 10.2. The average Bonchev–Trinajstić information content (AvgIpc) is 3.43. The van der Waals surface area contributed by atoms with E-state index in [9.17, 15) is 13.2 Å². The van der Waals surface area contributed by atoms with Crippen LogP contribution in [0.5, 0.6) is 0 Å². The van der Waals surface area contributed by atoms with E-state index < -0.39 is 11.7 Å². The molecule has 0 amide bonds. The third-order valence-corrected chi connectivity index (χ3v) is 6.63. The number of benzene rings is 2. The van der Waals surface area contributed by atoms with Gasteiger partial charge in [-0.05, 0) is 66.8 Å². The SMILES string of the molecule is Cc1ccc(C(F)(F)F)cc1-c1nccc2c(-c3ncccc3-c3ncnc4[nH]ccc34)c(C)ccc12.NN. The van der Waals surface area contributed by atoms with E-state index in [4.69, 9.17) is 4.98 Å². The Kier molecular flexibility index (Phi) is 6.81. The summed E-state index contributed by atoms with van der Waals surface area (Å²) < 4.78 is 40.6. The summed E-state index contributed by atoms with van der Waals surface area (Å²) in [5.74, 6) is 8.00. The molecule has 0 saturated heterocycles. The first-order chi connectivity index (χ1) is 18.8. The maximum atomic E-state index is 13.5.